The van der Waals surface area contributed by atoms with Crippen molar-refractivity contribution in [3.63, 3.8) is 0 Å². The van der Waals surface area contributed by atoms with Crippen molar-refractivity contribution in [2.75, 3.05) is 7.11 Å². The lowest BCUT2D eigenvalue weighted by atomic mass is 9.96. The third-order valence-corrected chi connectivity index (χ3v) is 10.2. The number of halogens is 1. The molecule has 0 amide bonds. The second-order valence-electron chi connectivity index (χ2n) is 9.35. The van der Waals surface area contributed by atoms with Gasteiger partial charge in [0.25, 0.3) is 0 Å². The maximum absolute atomic E-state index is 13.9. The van der Waals surface area contributed by atoms with Gasteiger partial charge in [-0.15, -0.1) is 23.1 Å². The van der Waals surface area contributed by atoms with Crippen LogP contribution in [0.25, 0.3) is 47.7 Å². The molecule has 168 valence electrons. The van der Waals surface area contributed by atoms with E-state index in [0.29, 0.717) is 11.2 Å². The third-order valence-electron chi connectivity index (χ3n) is 7.53. The smallest absolute Gasteiger partial charge is 0.123 e. The summed E-state index contributed by atoms with van der Waals surface area (Å²) in [7, 11) is 1.71. The molecule has 5 aromatic rings. The molecule has 4 heteroatoms. The lowest BCUT2D eigenvalue weighted by Crippen LogP contribution is -1.92. The summed E-state index contributed by atoms with van der Waals surface area (Å²) >= 11 is 3.75. The molecule has 0 N–H and O–H groups in total. The molecule has 1 aliphatic heterocycles. The van der Waals surface area contributed by atoms with Crippen LogP contribution in [0.4, 0.5) is 4.39 Å². The number of rotatable bonds is 3. The first kappa shape index (κ1) is 19.9. The summed E-state index contributed by atoms with van der Waals surface area (Å²) in [5, 5.41) is 3.20. The van der Waals surface area contributed by atoms with E-state index in [2.05, 4.69) is 54.6 Å². The number of benzene rings is 4. The number of hydrogen-bond acceptors (Lipinski definition) is 3. The fraction of sp³-hybridized carbons (Fsp3) is 0.0968. The van der Waals surface area contributed by atoms with Crippen molar-refractivity contribution in [2.45, 2.75) is 11.2 Å². The fourth-order valence-corrected chi connectivity index (χ4v) is 8.66. The van der Waals surface area contributed by atoms with Crippen LogP contribution in [-0.2, 0) is 0 Å². The molecule has 1 nitrogen and oxygen atoms in total. The number of ether oxygens (including phenoxy) is 1. The Morgan fingerprint density at radius 3 is 2.49 bits per heavy atom. The summed E-state index contributed by atoms with van der Waals surface area (Å²) in [6.07, 6.45) is 2.35. The molecule has 4 aromatic carbocycles. The molecule has 2 heterocycles. The maximum atomic E-state index is 13.9. The molecule has 1 aromatic heterocycles. The average molecular weight is 491 g/mol. The van der Waals surface area contributed by atoms with Gasteiger partial charge in [-0.05, 0) is 68.9 Å². The Labute approximate surface area is 210 Å². The highest BCUT2D eigenvalue weighted by atomic mass is 32.2. The Hall–Kier alpha value is -3.34. The Bertz CT molecular complexity index is 1720. The number of thiophene rings is 1. The van der Waals surface area contributed by atoms with E-state index in [9.17, 15) is 4.39 Å². The highest BCUT2D eigenvalue weighted by Gasteiger charge is 2.41. The monoisotopic (exact) mass is 490 g/mol. The Morgan fingerprint density at radius 1 is 0.771 bits per heavy atom. The predicted octanol–water partition coefficient (Wildman–Crippen LogP) is 9.29. The first-order chi connectivity index (χ1) is 17.2. The topological polar surface area (TPSA) is 9.23 Å². The van der Waals surface area contributed by atoms with Crippen molar-refractivity contribution in [3.05, 3.63) is 107 Å². The molecule has 0 saturated carbocycles. The van der Waals surface area contributed by atoms with Gasteiger partial charge in [-0.2, -0.15) is 0 Å². The molecular weight excluding hydrogens is 471 g/mol. The molecule has 2 atom stereocenters. The van der Waals surface area contributed by atoms with Gasteiger partial charge in [0.15, 0.2) is 0 Å². The van der Waals surface area contributed by atoms with Gasteiger partial charge in [-0.1, -0.05) is 54.6 Å². The summed E-state index contributed by atoms with van der Waals surface area (Å²) in [6.45, 7) is 0. The van der Waals surface area contributed by atoms with Crippen molar-refractivity contribution < 1.29 is 9.13 Å². The Balaban J connectivity index is 1.25. The molecule has 3 aliphatic rings. The fourth-order valence-electron chi connectivity index (χ4n) is 6.00. The van der Waals surface area contributed by atoms with E-state index in [0.717, 1.165) is 11.3 Å². The van der Waals surface area contributed by atoms with Gasteiger partial charge in [0.1, 0.15) is 11.6 Å². The normalized spacial score (nSPS) is 18.6. The van der Waals surface area contributed by atoms with Gasteiger partial charge in [-0.25, -0.2) is 4.39 Å². The summed E-state index contributed by atoms with van der Waals surface area (Å²) < 4.78 is 19.3. The van der Waals surface area contributed by atoms with Crippen molar-refractivity contribution >= 4 is 38.8 Å². The van der Waals surface area contributed by atoms with Crippen LogP contribution in [-0.4, -0.2) is 7.11 Å². The van der Waals surface area contributed by atoms with Crippen LogP contribution >= 0.6 is 23.1 Å². The van der Waals surface area contributed by atoms with Gasteiger partial charge in [0, 0.05) is 37.0 Å². The number of allylic oxidation sites excluding steroid dienone is 1. The lowest BCUT2D eigenvalue weighted by Gasteiger charge is -2.11. The minimum Gasteiger partial charge on any atom is -0.497 e. The van der Waals surface area contributed by atoms with Crippen LogP contribution in [0.2, 0.25) is 0 Å². The van der Waals surface area contributed by atoms with E-state index >= 15 is 0 Å². The third kappa shape index (κ3) is 2.70. The quantitative estimate of drug-likeness (QED) is 0.244. The highest BCUT2D eigenvalue weighted by molar-refractivity contribution is 8.08. The molecule has 0 bridgehead atoms. The summed E-state index contributed by atoms with van der Waals surface area (Å²) in [5.74, 6) is 1.04. The molecule has 8 rings (SSSR count). The van der Waals surface area contributed by atoms with Crippen LogP contribution in [0.1, 0.15) is 27.9 Å². The van der Waals surface area contributed by atoms with Crippen LogP contribution in [0.5, 0.6) is 5.75 Å². The van der Waals surface area contributed by atoms with Crippen molar-refractivity contribution in [1.82, 2.24) is 0 Å². The van der Waals surface area contributed by atoms with E-state index in [1.807, 2.05) is 35.2 Å². The minimum atomic E-state index is -0.178. The summed E-state index contributed by atoms with van der Waals surface area (Å²) in [5.41, 5.74) is 9.04. The zero-order valence-corrected chi connectivity index (χ0v) is 20.5. The van der Waals surface area contributed by atoms with Crippen molar-refractivity contribution in [3.8, 4) is 37.8 Å². The number of methoxy groups -OCH3 is 1. The first-order valence-corrected chi connectivity index (χ1v) is 13.4. The first-order valence-electron chi connectivity index (χ1n) is 11.7. The van der Waals surface area contributed by atoms with E-state index in [-0.39, 0.29) is 5.82 Å². The number of thioether (sulfide) groups is 1. The molecule has 0 spiro atoms. The Morgan fingerprint density at radius 2 is 1.60 bits per heavy atom. The number of hydrogen-bond donors (Lipinski definition) is 0. The van der Waals surface area contributed by atoms with Crippen LogP contribution in [0.3, 0.4) is 0 Å². The number of fused-ring (bicyclic) bond motifs is 6. The highest BCUT2D eigenvalue weighted by Crippen LogP contribution is 2.64. The van der Waals surface area contributed by atoms with Gasteiger partial charge in [-0.3, -0.25) is 0 Å². The van der Waals surface area contributed by atoms with E-state index in [1.54, 1.807) is 19.2 Å². The maximum Gasteiger partial charge on any atom is 0.123 e. The van der Waals surface area contributed by atoms with Gasteiger partial charge >= 0.3 is 0 Å². The van der Waals surface area contributed by atoms with Crippen molar-refractivity contribution in [1.29, 1.82) is 0 Å². The Kier molecular flexibility index (Phi) is 4.04. The average Bonchev–Trinajstić information content (AvgIpc) is 3.63. The predicted molar refractivity (Wildman–Crippen MR) is 146 cm³/mol. The molecule has 0 fully saturated rings. The van der Waals surface area contributed by atoms with Crippen LogP contribution < -0.4 is 4.74 Å². The molecule has 35 heavy (non-hydrogen) atoms. The largest absolute Gasteiger partial charge is 0.497 e. The zero-order chi connectivity index (χ0) is 23.3. The van der Waals surface area contributed by atoms with E-state index in [4.69, 9.17) is 4.74 Å². The van der Waals surface area contributed by atoms with E-state index in [1.165, 1.54) is 64.9 Å². The molecular formula is C31H19FOS2. The summed E-state index contributed by atoms with van der Waals surface area (Å²) in [4.78, 5) is 3.82. The second kappa shape index (κ2) is 7.09. The molecule has 0 radical (unpaired) electrons. The molecule has 2 unspecified atom stereocenters. The molecule has 2 aliphatic carbocycles. The summed E-state index contributed by atoms with van der Waals surface area (Å²) in [6, 6.07) is 26.9. The lowest BCUT2D eigenvalue weighted by molar-refractivity contribution is 0.415. The minimum absolute atomic E-state index is 0.178. The van der Waals surface area contributed by atoms with Gasteiger partial charge in [0.2, 0.25) is 0 Å². The second-order valence-corrected chi connectivity index (χ2v) is 11.6. The SMILES string of the molecule is COc1cccc(-c2cc3c(s2)-c2ccc4c5c(ccc-3c25)C2SC(c3cccc(F)c3)=CC42)c1. The standard InChI is InChI=1S/C31H19FOS2/c1-33-19-7-3-5-17(13-19)27-15-25-21-9-10-22-28-20(8-11-23(29(21)28)31(25)35-27)24-14-26(34-30(22)24)16-4-2-6-18(32)12-16/h2-15,24,30H,1H3. The van der Waals surface area contributed by atoms with E-state index < -0.39 is 0 Å². The molecule has 0 saturated heterocycles. The van der Waals surface area contributed by atoms with Crippen molar-refractivity contribution in [2.24, 2.45) is 0 Å². The van der Waals surface area contributed by atoms with Gasteiger partial charge in [0.05, 0.1) is 7.11 Å². The zero-order valence-electron chi connectivity index (χ0n) is 18.8. The van der Waals surface area contributed by atoms with Crippen LogP contribution in [0, 0.1) is 5.82 Å². The van der Waals surface area contributed by atoms with Gasteiger partial charge < -0.3 is 4.74 Å². The van der Waals surface area contributed by atoms with Crippen LogP contribution in [0.15, 0.2) is 84.9 Å².